The van der Waals surface area contributed by atoms with Gasteiger partial charge in [-0.2, -0.15) is 0 Å². The van der Waals surface area contributed by atoms with Gasteiger partial charge in [0.15, 0.2) is 0 Å². The highest BCUT2D eigenvalue weighted by Gasteiger charge is 2.60. The molecule has 0 aromatic heterocycles. The van der Waals surface area contributed by atoms with Gasteiger partial charge in [-0.3, -0.25) is 0 Å². The summed E-state index contributed by atoms with van der Waals surface area (Å²) in [4.78, 5) is 0. The lowest BCUT2D eigenvalue weighted by Crippen LogP contribution is -2.64. The van der Waals surface area contributed by atoms with Crippen LogP contribution in [0.1, 0.15) is 56.2 Å². The van der Waals surface area contributed by atoms with Crippen LogP contribution in [-0.4, -0.2) is 26.5 Å². The molecule has 4 unspecified atom stereocenters. The topological polar surface area (TPSA) is 60.7 Å². The first-order valence-electron chi connectivity index (χ1n) is 10.1. The van der Waals surface area contributed by atoms with Crippen LogP contribution in [0.2, 0.25) is 0 Å². The van der Waals surface area contributed by atoms with Gasteiger partial charge in [-0.1, -0.05) is 43.3 Å². The fourth-order valence-corrected chi connectivity index (χ4v) is 5.84. The molecule has 0 saturated heterocycles. The lowest BCUT2D eigenvalue weighted by molar-refractivity contribution is -0.198. The molecule has 4 atom stereocenters. The molecule has 2 aromatic rings. The number of hydrogen-bond donors (Lipinski definition) is 3. The van der Waals surface area contributed by atoms with Gasteiger partial charge >= 0.3 is 0 Å². The number of phenolic OH excluding ortho intramolecular Hbond substituents is 1. The van der Waals surface area contributed by atoms with Gasteiger partial charge in [-0.05, 0) is 73.8 Å². The minimum absolute atomic E-state index is 0.145. The highest BCUT2D eigenvalue weighted by Crippen LogP contribution is 2.58. The summed E-state index contributed by atoms with van der Waals surface area (Å²) >= 11 is 0. The third kappa shape index (κ3) is 2.88. The Morgan fingerprint density at radius 1 is 1.07 bits per heavy atom. The van der Waals surface area contributed by atoms with E-state index in [9.17, 15) is 15.3 Å². The molecule has 2 aliphatic carbocycles. The van der Waals surface area contributed by atoms with E-state index >= 15 is 0 Å². The minimum Gasteiger partial charge on any atom is -0.508 e. The van der Waals surface area contributed by atoms with E-state index in [0.717, 1.165) is 24.8 Å². The van der Waals surface area contributed by atoms with Crippen LogP contribution in [0, 0.1) is 5.92 Å². The molecule has 3 nitrogen and oxygen atoms in total. The zero-order valence-electron chi connectivity index (χ0n) is 16.3. The van der Waals surface area contributed by atoms with E-state index in [1.165, 1.54) is 11.1 Å². The standard InChI is InChI=1S/C24H30O3/c1-3-23-16-22(2,26)24(27,14-17-7-5-4-6-8-17)15-19(23)10-9-18-13-20(25)11-12-21(18)23/h4-8,11-13,19,25-27H,3,9-10,14-16H2,1-2H3. The molecule has 27 heavy (non-hydrogen) atoms. The number of aromatic hydroxyl groups is 1. The third-order valence-electron chi connectivity index (χ3n) is 7.39. The summed E-state index contributed by atoms with van der Waals surface area (Å²) in [7, 11) is 0. The number of fused-ring (bicyclic) bond motifs is 3. The Morgan fingerprint density at radius 2 is 1.81 bits per heavy atom. The maximum absolute atomic E-state index is 11.6. The van der Waals surface area contributed by atoms with Gasteiger partial charge in [0.1, 0.15) is 5.75 Å². The highest BCUT2D eigenvalue weighted by molar-refractivity contribution is 5.44. The van der Waals surface area contributed by atoms with Crippen molar-refractivity contribution in [3.8, 4) is 5.75 Å². The molecule has 4 rings (SSSR count). The van der Waals surface area contributed by atoms with Crippen molar-refractivity contribution in [3.05, 3.63) is 65.2 Å². The first-order chi connectivity index (χ1) is 12.8. The van der Waals surface area contributed by atoms with Crippen molar-refractivity contribution in [1.82, 2.24) is 0 Å². The predicted octanol–water partition coefficient (Wildman–Crippen LogP) is 4.12. The van der Waals surface area contributed by atoms with E-state index in [4.69, 9.17) is 0 Å². The molecule has 2 aromatic carbocycles. The van der Waals surface area contributed by atoms with Crippen LogP contribution in [0.3, 0.4) is 0 Å². The molecule has 0 radical (unpaired) electrons. The van der Waals surface area contributed by atoms with Crippen molar-refractivity contribution >= 4 is 0 Å². The van der Waals surface area contributed by atoms with E-state index in [0.29, 0.717) is 30.9 Å². The van der Waals surface area contributed by atoms with Crippen molar-refractivity contribution in [2.45, 2.75) is 69.0 Å². The molecular weight excluding hydrogens is 336 g/mol. The molecule has 2 aliphatic rings. The van der Waals surface area contributed by atoms with E-state index in [2.05, 4.69) is 6.92 Å². The molecular formula is C24H30O3. The van der Waals surface area contributed by atoms with Crippen molar-refractivity contribution in [2.75, 3.05) is 0 Å². The molecule has 0 aliphatic heterocycles. The number of rotatable bonds is 3. The Kier molecular flexibility index (Phi) is 4.36. The quantitative estimate of drug-likeness (QED) is 0.766. The van der Waals surface area contributed by atoms with E-state index in [1.807, 2.05) is 42.5 Å². The molecule has 144 valence electrons. The fourth-order valence-electron chi connectivity index (χ4n) is 5.84. The molecule has 0 bridgehead atoms. The van der Waals surface area contributed by atoms with Crippen LogP contribution in [-0.2, 0) is 18.3 Å². The summed E-state index contributed by atoms with van der Waals surface area (Å²) in [5.41, 5.74) is 1.05. The smallest absolute Gasteiger partial charge is 0.115 e. The van der Waals surface area contributed by atoms with Crippen LogP contribution in [0.25, 0.3) is 0 Å². The first-order valence-corrected chi connectivity index (χ1v) is 10.1. The van der Waals surface area contributed by atoms with Crippen molar-refractivity contribution in [2.24, 2.45) is 5.92 Å². The van der Waals surface area contributed by atoms with Gasteiger partial charge in [0, 0.05) is 11.8 Å². The highest BCUT2D eigenvalue weighted by atomic mass is 16.4. The van der Waals surface area contributed by atoms with Crippen LogP contribution in [0.4, 0.5) is 0 Å². The van der Waals surface area contributed by atoms with E-state index in [1.54, 1.807) is 13.0 Å². The summed E-state index contributed by atoms with van der Waals surface area (Å²) in [5, 5.41) is 33.0. The van der Waals surface area contributed by atoms with Gasteiger partial charge in [0.25, 0.3) is 0 Å². The van der Waals surface area contributed by atoms with E-state index in [-0.39, 0.29) is 5.41 Å². The first kappa shape index (κ1) is 18.5. The van der Waals surface area contributed by atoms with Crippen molar-refractivity contribution < 1.29 is 15.3 Å². The van der Waals surface area contributed by atoms with Gasteiger partial charge in [-0.25, -0.2) is 0 Å². The largest absolute Gasteiger partial charge is 0.508 e. The van der Waals surface area contributed by atoms with Crippen LogP contribution < -0.4 is 0 Å². The predicted molar refractivity (Wildman–Crippen MR) is 107 cm³/mol. The van der Waals surface area contributed by atoms with Gasteiger partial charge in [-0.15, -0.1) is 0 Å². The monoisotopic (exact) mass is 366 g/mol. The number of aryl methyl sites for hydroxylation is 1. The summed E-state index contributed by atoms with van der Waals surface area (Å²) in [5.74, 6) is 0.634. The number of benzene rings is 2. The maximum Gasteiger partial charge on any atom is 0.115 e. The molecule has 1 saturated carbocycles. The second-order valence-corrected chi connectivity index (χ2v) is 8.94. The van der Waals surface area contributed by atoms with Crippen molar-refractivity contribution in [1.29, 1.82) is 0 Å². The minimum atomic E-state index is -1.18. The molecule has 3 heteroatoms. The molecule has 3 N–H and O–H groups in total. The summed E-state index contributed by atoms with van der Waals surface area (Å²) in [6, 6.07) is 15.7. The Bertz CT molecular complexity index is 829. The Hall–Kier alpha value is -1.84. The van der Waals surface area contributed by atoms with Crippen LogP contribution in [0.5, 0.6) is 5.75 Å². The fraction of sp³-hybridized carbons (Fsp3) is 0.500. The Morgan fingerprint density at radius 3 is 2.52 bits per heavy atom. The second kappa shape index (κ2) is 6.35. The average molecular weight is 367 g/mol. The SMILES string of the molecule is CCC12CC(C)(O)C(O)(Cc3ccccc3)CC1CCc1cc(O)ccc12. The lowest BCUT2D eigenvalue weighted by atomic mass is 9.49. The Balaban J connectivity index is 1.74. The molecule has 0 heterocycles. The van der Waals surface area contributed by atoms with Gasteiger partial charge < -0.3 is 15.3 Å². The molecule has 1 fully saturated rings. The van der Waals surface area contributed by atoms with Gasteiger partial charge in [0.2, 0.25) is 0 Å². The van der Waals surface area contributed by atoms with Gasteiger partial charge in [0.05, 0.1) is 11.2 Å². The summed E-state index contributed by atoms with van der Waals surface area (Å²) in [6.45, 7) is 3.99. The average Bonchev–Trinajstić information content (AvgIpc) is 2.63. The summed E-state index contributed by atoms with van der Waals surface area (Å²) in [6.07, 6.45) is 4.44. The molecule has 0 amide bonds. The van der Waals surface area contributed by atoms with Crippen LogP contribution >= 0.6 is 0 Å². The van der Waals surface area contributed by atoms with Crippen molar-refractivity contribution in [3.63, 3.8) is 0 Å². The zero-order valence-corrected chi connectivity index (χ0v) is 16.3. The number of phenols is 1. The second-order valence-electron chi connectivity index (χ2n) is 8.94. The maximum atomic E-state index is 11.6. The Labute approximate surface area is 161 Å². The normalized spacial score (nSPS) is 35.3. The number of hydrogen-bond acceptors (Lipinski definition) is 3. The molecule has 0 spiro atoms. The van der Waals surface area contributed by atoms with E-state index < -0.39 is 11.2 Å². The number of aliphatic hydroxyl groups is 2. The summed E-state index contributed by atoms with van der Waals surface area (Å²) < 4.78 is 0. The van der Waals surface area contributed by atoms with Crippen LogP contribution in [0.15, 0.2) is 48.5 Å². The third-order valence-corrected chi connectivity index (χ3v) is 7.39. The lowest BCUT2D eigenvalue weighted by Gasteiger charge is -2.59. The zero-order chi connectivity index (χ0) is 19.3.